The Bertz CT molecular complexity index is 1150. The summed E-state index contributed by atoms with van der Waals surface area (Å²) >= 11 is 0. The van der Waals surface area contributed by atoms with E-state index in [2.05, 4.69) is 20.3 Å². The summed E-state index contributed by atoms with van der Waals surface area (Å²) in [5.41, 5.74) is 1.83. The van der Waals surface area contributed by atoms with Gasteiger partial charge in [-0.1, -0.05) is 6.92 Å². The average molecular weight is 504 g/mol. The van der Waals surface area contributed by atoms with E-state index in [-0.39, 0.29) is 12.6 Å². The predicted molar refractivity (Wildman–Crippen MR) is 130 cm³/mol. The van der Waals surface area contributed by atoms with E-state index in [0.29, 0.717) is 40.8 Å². The van der Waals surface area contributed by atoms with Crippen LogP contribution < -0.4 is 19.5 Å². The Morgan fingerprint density at radius 1 is 1.06 bits per heavy atom. The number of anilines is 1. The van der Waals surface area contributed by atoms with Gasteiger partial charge in [-0.05, 0) is 31.0 Å². The fourth-order valence-electron chi connectivity index (χ4n) is 4.22. The molecule has 3 heterocycles. The van der Waals surface area contributed by atoms with Crippen LogP contribution in [-0.4, -0.2) is 82.6 Å². The van der Waals surface area contributed by atoms with Crippen LogP contribution in [0.5, 0.6) is 17.2 Å². The summed E-state index contributed by atoms with van der Waals surface area (Å²) in [7, 11) is 4.69. The Morgan fingerprint density at radius 3 is 2.42 bits per heavy atom. The lowest BCUT2D eigenvalue weighted by Crippen LogP contribution is -2.33. The molecular formula is C24H33N5O7. The maximum atomic E-state index is 10.6. The monoisotopic (exact) mass is 503 g/mol. The highest BCUT2D eigenvalue weighted by atomic mass is 16.6. The molecule has 196 valence electrons. The molecule has 4 rings (SSSR count). The molecule has 1 saturated heterocycles. The molecule has 0 amide bonds. The summed E-state index contributed by atoms with van der Waals surface area (Å²) in [5.74, 6) is 2.09. The van der Waals surface area contributed by atoms with Gasteiger partial charge in [0.15, 0.2) is 34.7 Å². The van der Waals surface area contributed by atoms with Crippen LogP contribution in [-0.2, 0) is 9.47 Å². The van der Waals surface area contributed by atoms with Gasteiger partial charge in [0.05, 0.1) is 40.3 Å². The molecule has 0 aliphatic carbocycles. The molecule has 1 aliphatic heterocycles. The fourth-order valence-corrected chi connectivity index (χ4v) is 4.22. The van der Waals surface area contributed by atoms with Crippen LogP contribution in [0.2, 0.25) is 0 Å². The van der Waals surface area contributed by atoms with Gasteiger partial charge in [0.25, 0.3) is 0 Å². The molecule has 5 atom stereocenters. The van der Waals surface area contributed by atoms with Crippen molar-refractivity contribution < 1.29 is 33.9 Å². The van der Waals surface area contributed by atoms with Gasteiger partial charge in [0, 0.05) is 6.61 Å². The number of aromatic nitrogens is 4. The maximum Gasteiger partial charge on any atom is 0.203 e. The highest BCUT2D eigenvalue weighted by molar-refractivity contribution is 5.83. The van der Waals surface area contributed by atoms with E-state index in [0.717, 1.165) is 12.0 Å². The van der Waals surface area contributed by atoms with Crippen molar-refractivity contribution in [1.82, 2.24) is 19.5 Å². The number of rotatable bonds is 11. The number of hydrogen-bond donors (Lipinski definition) is 3. The molecule has 12 nitrogen and oxygen atoms in total. The van der Waals surface area contributed by atoms with Gasteiger partial charge in [-0.15, -0.1) is 0 Å². The van der Waals surface area contributed by atoms with E-state index >= 15 is 0 Å². The number of imidazole rings is 1. The first kappa shape index (κ1) is 25.9. The maximum absolute atomic E-state index is 10.6. The Kier molecular flexibility index (Phi) is 8.09. The summed E-state index contributed by atoms with van der Waals surface area (Å²) in [6.45, 7) is 4.69. The van der Waals surface area contributed by atoms with Gasteiger partial charge in [-0.2, -0.15) is 0 Å². The van der Waals surface area contributed by atoms with Crippen molar-refractivity contribution >= 4 is 17.0 Å². The van der Waals surface area contributed by atoms with Gasteiger partial charge < -0.3 is 39.2 Å². The zero-order valence-electron chi connectivity index (χ0n) is 21.0. The summed E-state index contributed by atoms with van der Waals surface area (Å²) in [5, 5.41) is 24.5. The van der Waals surface area contributed by atoms with E-state index in [9.17, 15) is 10.2 Å². The molecule has 2 aromatic heterocycles. The largest absolute Gasteiger partial charge is 0.493 e. The third kappa shape index (κ3) is 4.89. The minimum absolute atomic E-state index is 0.184. The zero-order valence-corrected chi connectivity index (χ0v) is 21.0. The highest BCUT2D eigenvalue weighted by Gasteiger charge is 2.44. The van der Waals surface area contributed by atoms with Crippen LogP contribution in [0.3, 0.4) is 0 Å². The molecule has 0 bridgehead atoms. The molecule has 1 aliphatic rings. The number of methoxy groups -OCH3 is 3. The first-order valence-electron chi connectivity index (χ1n) is 11.8. The number of nitrogens with zero attached hydrogens (tertiary/aromatic N) is 4. The summed E-state index contributed by atoms with van der Waals surface area (Å²) in [6.07, 6.45) is -0.00762. The van der Waals surface area contributed by atoms with Crippen molar-refractivity contribution in [2.75, 3.05) is 39.9 Å². The number of benzene rings is 1. The van der Waals surface area contributed by atoms with Crippen LogP contribution in [0.15, 0.2) is 24.8 Å². The molecular weight excluding hydrogens is 470 g/mol. The van der Waals surface area contributed by atoms with Gasteiger partial charge in [0.2, 0.25) is 5.75 Å². The lowest BCUT2D eigenvalue weighted by Gasteiger charge is -2.19. The minimum atomic E-state index is -1.16. The number of aliphatic hydroxyl groups excluding tert-OH is 2. The lowest BCUT2D eigenvalue weighted by molar-refractivity contribution is -0.0652. The number of aliphatic hydroxyl groups is 2. The van der Waals surface area contributed by atoms with Gasteiger partial charge in [0.1, 0.15) is 24.6 Å². The van der Waals surface area contributed by atoms with Crippen molar-refractivity contribution in [3.05, 3.63) is 30.4 Å². The van der Waals surface area contributed by atoms with Crippen molar-refractivity contribution in [3.63, 3.8) is 0 Å². The molecule has 3 aromatic rings. The molecule has 12 heteroatoms. The van der Waals surface area contributed by atoms with E-state index < -0.39 is 24.5 Å². The lowest BCUT2D eigenvalue weighted by atomic mass is 10.1. The Balaban J connectivity index is 1.58. The van der Waals surface area contributed by atoms with Crippen LogP contribution >= 0.6 is 0 Å². The van der Waals surface area contributed by atoms with Crippen LogP contribution in [0.25, 0.3) is 11.2 Å². The minimum Gasteiger partial charge on any atom is -0.493 e. The van der Waals surface area contributed by atoms with E-state index in [1.54, 1.807) is 25.9 Å². The van der Waals surface area contributed by atoms with E-state index in [1.807, 2.05) is 26.0 Å². The first-order chi connectivity index (χ1) is 17.4. The number of ether oxygens (including phenoxy) is 5. The molecule has 0 spiro atoms. The fraction of sp³-hybridized carbons (Fsp3) is 0.542. The second-order valence-electron chi connectivity index (χ2n) is 8.49. The summed E-state index contributed by atoms with van der Waals surface area (Å²) in [4.78, 5) is 13.2. The average Bonchev–Trinajstić information content (AvgIpc) is 3.44. The highest BCUT2D eigenvalue weighted by Crippen LogP contribution is 2.40. The van der Waals surface area contributed by atoms with Crippen molar-refractivity contribution in [3.8, 4) is 17.2 Å². The van der Waals surface area contributed by atoms with Gasteiger partial charge >= 0.3 is 0 Å². The molecule has 2 unspecified atom stereocenters. The van der Waals surface area contributed by atoms with Crippen molar-refractivity contribution in [2.45, 2.75) is 50.8 Å². The SMILES string of the molecule is CCCOC[C@H]1O[C@@H](n2cnc3c(NC(C)c4cc(OC)c(OC)c(OC)c4)ncnc32)C(O)[C@H]1O. The van der Waals surface area contributed by atoms with Gasteiger partial charge in [-0.3, -0.25) is 4.57 Å². The normalized spacial score (nSPS) is 22.5. The Morgan fingerprint density at radius 2 is 1.78 bits per heavy atom. The van der Waals surface area contributed by atoms with E-state index in [4.69, 9.17) is 23.7 Å². The molecule has 3 N–H and O–H groups in total. The molecule has 36 heavy (non-hydrogen) atoms. The van der Waals surface area contributed by atoms with Crippen LogP contribution in [0, 0.1) is 0 Å². The Labute approximate surface area is 209 Å². The summed E-state index contributed by atoms with van der Waals surface area (Å²) in [6, 6.07) is 3.51. The third-order valence-corrected chi connectivity index (χ3v) is 6.14. The second kappa shape index (κ2) is 11.2. The standard InChI is InChI=1S/C24H33N5O7/c1-6-7-35-10-17-19(30)20(31)24(36-17)29-12-27-18-22(25-11-26-23(18)29)28-13(2)14-8-15(32-3)21(34-5)16(9-14)33-4/h8-9,11-13,17,19-20,24,30-31H,6-7,10H2,1-5H3,(H,25,26,28)/t13?,17-,19+,20?,24-/m1/s1. The van der Waals surface area contributed by atoms with Crippen molar-refractivity contribution in [2.24, 2.45) is 0 Å². The zero-order chi connectivity index (χ0) is 25.8. The topological polar surface area (TPSA) is 142 Å². The number of hydrogen-bond acceptors (Lipinski definition) is 11. The predicted octanol–water partition coefficient (Wildman–Crippen LogP) is 2.07. The van der Waals surface area contributed by atoms with Crippen LogP contribution in [0.1, 0.15) is 38.1 Å². The molecule has 1 fully saturated rings. The second-order valence-corrected chi connectivity index (χ2v) is 8.49. The third-order valence-electron chi connectivity index (χ3n) is 6.14. The molecule has 0 saturated carbocycles. The van der Waals surface area contributed by atoms with Crippen molar-refractivity contribution in [1.29, 1.82) is 0 Å². The number of nitrogens with one attached hydrogen (secondary N) is 1. The van der Waals surface area contributed by atoms with Gasteiger partial charge in [-0.25, -0.2) is 15.0 Å². The van der Waals surface area contributed by atoms with Crippen LogP contribution in [0.4, 0.5) is 5.82 Å². The smallest absolute Gasteiger partial charge is 0.203 e. The molecule has 1 aromatic carbocycles. The Hall–Kier alpha value is -3.19. The van der Waals surface area contributed by atoms with E-state index in [1.165, 1.54) is 12.7 Å². The quantitative estimate of drug-likeness (QED) is 0.331. The molecule has 0 radical (unpaired) electrons. The summed E-state index contributed by atoms with van der Waals surface area (Å²) < 4.78 is 29.4. The number of fused-ring (bicyclic) bond motifs is 1. The first-order valence-corrected chi connectivity index (χ1v) is 11.8.